The van der Waals surface area contributed by atoms with Crippen molar-refractivity contribution in [3.63, 3.8) is 0 Å². The van der Waals surface area contributed by atoms with E-state index in [1.54, 1.807) is 18.3 Å². The predicted molar refractivity (Wildman–Crippen MR) is 95.2 cm³/mol. The number of thiophene rings is 1. The lowest BCUT2D eigenvalue weighted by Crippen LogP contribution is -2.28. The number of carbonyl (C=O) groups excluding carboxylic acids is 2. The number of hydrogen-bond acceptors (Lipinski definition) is 5. The van der Waals surface area contributed by atoms with Crippen LogP contribution >= 0.6 is 11.3 Å². The molecule has 2 rings (SSSR count). The Kier molecular flexibility index (Phi) is 5.39. The smallest absolute Gasteiger partial charge is 0.341 e. The molecule has 0 fully saturated rings. The van der Waals surface area contributed by atoms with E-state index in [0.717, 1.165) is 10.4 Å². The van der Waals surface area contributed by atoms with Gasteiger partial charge in [0.1, 0.15) is 11.6 Å². The first-order chi connectivity index (χ1) is 11.2. The summed E-state index contributed by atoms with van der Waals surface area (Å²) in [5, 5.41) is 3.39. The number of rotatable bonds is 4. The van der Waals surface area contributed by atoms with Crippen molar-refractivity contribution < 1.29 is 14.3 Å². The normalized spacial score (nSPS) is 11.2. The molecule has 2 aromatic rings. The van der Waals surface area contributed by atoms with Crippen LogP contribution in [-0.2, 0) is 16.1 Å². The Balaban J connectivity index is 2.19. The number of esters is 1. The Labute approximate surface area is 146 Å². The van der Waals surface area contributed by atoms with Crippen molar-refractivity contribution >= 4 is 28.2 Å². The number of ether oxygens (including phenoxy) is 1. The number of aromatic nitrogens is 1. The van der Waals surface area contributed by atoms with Crippen LogP contribution in [-0.4, -0.2) is 16.9 Å². The van der Waals surface area contributed by atoms with Gasteiger partial charge in [-0.05, 0) is 31.5 Å². The largest absolute Gasteiger partial charge is 0.455 e. The maximum absolute atomic E-state index is 12.5. The second-order valence-electron chi connectivity index (χ2n) is 6.59. The van der Waals surface area contributed by atoms with Crippen molar-refractivity contribution in [3.05, 3.63) is 46.1 Å². The summed E-state index contributed by atoms with van der Waals surface area (Å²) >= 11 is 1.39. The summed E-state index contributed by atoms with van der Waals surface area (Å²) in [4.78, 5) is 29.9. The van der Waals surface area contributed by atoms with Crippen molar-refractivity contribution in [1.82, 2.24) is 4.98 Å². The van der Waals surface area contributed by atoms with Crippen molar-refractivity contribution in [3.8, 4) is 0 Å². The van der Waals surface area contributed by atoms with E-state index in [2.05, 4.69) is 10.3 Å². The molecular weight excluding hydrogens is 324 g/mol. The minimum atomic E-state index is -0.541. The van der Waals surface area contributed by atoms with Crippen LogP contribution < -0.4 is 5.32 Å². The maximum Gasteiger partial charge on any atom is 0.341 e. The molecule has 0 saturated heterocycles. The summed E-state index contributed by atoms with van der Waals surface area (Å²) in [6.45, 7) is 9.36. The van der Waals surface area contributed by atoms with E-state index in [1.807, 2.05) is 40.7 Å². The molecule has 1 N–H and O–H groups in total. The van der Waals surface area contributed by atoms with E-state index < -0.39 is 11.4 Å². The topological polar surface area (TPSA) is 68.3 Å². The number of hydrogen-bond donors (Lipinski definition) is 1. The van der Waals surface area contributed by atoms with E-state index in [0.29, 0.717) is 16.3 Å². The summed E-state index contributed by atoms with van der Waals surface area (Å²) in [6.07, 6.45) is 1.65. The lowest BCUT2D eigenvalue weighted by molar-refractivity contribution is -0.123. The summed E-state index contributed by atoms with van der Waals surface area (Å²) in [5.41, 5.74) is 1.39. The van der Waals surface area contributed by atoms with Gasteiger partial charge >= 0.3 is 5.97 Å². The molecule has 5 nitrogen and oxygen atoms in total. The van der Waals surface area contributed by atoms with Crippen molar-refractivity contribution in [2.24, 2.45) is 5.41 Å². The zero-order valence-corrected chi connectivity index (χ0v) is 15.4. The van der Waals surface area contributed by atoms with Crippen LogP contribution in [0.5, 0.6) is 0 Å². The van der Waals surface area contributed by atoms with Crippen LogP contribution in [0.15, 0.2) is 24.4 Å². The third kappa shape index (κ3) is 4.20. The first kappa shape index (κ1) is 18.1. The fraction of sp³-hybridized carbons (Fsp3) is 0.389. The molecule has 0 atom stereocenters. The van der Waals surface area contributed by atoms with E-state index in [1.165, 1.54) is 11.3 Å². The molecule has 0 saturated carbocycles. The average molecular weight is 346 g/mol. The van der Waals surface area contributed by atoms with Crippen molar-refractivity contribution in [1.29, 1.82) is 0 Å². The second-order valence-corrected chi connectivity index (χ2v) is 7.81. The van der Waals surface area contributed by atoms with E-state index >= 15 is 0 Å². The average Bonchev–Trinajstić information content (AvgIpc) is 2.79. The minimum absolute atomic E-state index is 0.0979. The van der Waals surface area contributed by atoms with Crippen LogP contribution in [0.3, 0.4) is 0 Å². The third-order valence-corrected chi connectivity index (χ3v) is 4.70. The van der Waals surface area contributed by atoms with Gasteiger partial charge in [-0.25, -0.2) is 4.79 Å². The fourth-order valence-corrected chi connectivity index (χ4v) is 2.99. The Morgan fingerprint density at radius 1 is 1.25 bits per heavy atom. The first-order valence-electron chi connectivity index (χ1n) is 7.68. The molecule has 0 unspecified atom stereocenters. The molecule has 128 valence electrons. The molecule has 1 amide bonds. The maximum atomic E-state index is 12.5. The van der Waals surface area contributed by atoms with E-state index in [9.17, 15) is 9.59 Å². The summed E-state index contributed by atoms with van der Waals surface area (Å²) in [7, 11) is 0. The fourth-order valence-electron chi connectivity index (χ4n) is 1.95. The van der Waals surface area contributed by atoms with Gasteiger partial charge in [-0.3, -0.25) is 9.78 Å². The Morgan fingerprint density at radius 3 is 2.54 bits per heavy atom. The number of carbonyl (C=O) groups is 2. The van der Waals surface area contributed by atoms with Gasteiger partial charge in [0, 0.05) is 16.5 Å². The third-order valence-electron chi connectivity index (χ3n) is 3.57. The number of nitrogens with one attached hydrogen (secondary N) is 1. The van der Waals surface area contributed by atoms with Gasteiger partial charge in [-0.2, -0.15) is 0 Å². The lowest BCUT2D eigenvalue weighted by atomic mass is 9.96. The highest BCUT2D eigenvalue weighted by Gasteiger charge is 2.27. The van der Waals surface area contributed by atoms with Crippen molar-refractivity contribution in [2.45, 2.75) is 41.2 Å². The van der Waals surface area contributed by atoms with Gasteiger partial charge in [0.2, 0.25) is 5.91 Å². The lowest BCUT2D eigenvalue weighted by Gasteiger charge is -2.17. The Hall–Kier alpha value is -2.21. The summed E-state index contributed by atoms with van der Waals surface area (Å²) in [6, 6.07) is 5.43. The van der Waals surface area contributed by atoms with Crippen molar-refractivity contribution in [2.75, 3.05) is 5.32 Å². The highest BCUT2D eigenvalue weighted by atomic mass is 32.1. The molecule has 24 heavy (non-hydrogen) atoms. The molecule has 0 spiro atoms. The van der Waals surface area contributed by atoms with Crippen LogP contribution in [0.25, 0.3) is 0 Å². The minimum Gasteiger partial charge on any atom is -0.455 e. The molecule has 0 aliphatic heterocycles. The SMILES string of the molecule is Cc1sc(NC(=O)C(C)(C)C)c(C(=O)OCc2ccccn2)c1C. The van der Waals surface area contributed by atoms with Gasteiger partial charge < -0.3 is 10.1 Å². The highest BCUT2D eigenvalue weighted by Crippen LogP contribution is 2.34. The predicted octanol–water partition coefficient (Wildman–Crippen LogP) is 4.10. The highest BCUT2D eigenvalue weighted by molar-refractivity contribution is 7.16. The van der Waals surface area contributed by atoms with Crippen LogP contribution in [0.4, 0.5) is 5.00 Å². The quantitative estimate of drug-likeness (QED) is 0.846. The molecule has 0 aromatic carbocycles. The molecule has 0 bridgehead atoms. The van der Waals surface area contributed by atoms with Gasteiger partial charge in [0.05, 0.1) is 11.3 Å². The van der Waals surface area contributed by atoms with Crippen LogP contribution in [0.1, 0.15) is 47.3 Å². The number of anilines is 1. The summed E-state index contributed by atoms with van der Waals surface area (Å²) < 4.78 is 5.37. The van der Waals surface area contributed by atoms with Gasteiger partial charge in [-0.15, -0.1) is 11.3 Å². The van der Waals surface area contributed by atoms with Crippen LogP contribution in [0, 0.1) is 19.3 Å². The Bertz CT molecular complexity index is 746. The standard InChI is InChI=1S/C18H22N2O3S/c1-11-12(2)24-15(20-17(22)18(3,4)5)14(11)16(21)23-10-13-8-6-7-9-19-13/h6-9H,10H2,1-5H3,(H,20,22). The number of nitrogens with zero attached hydrogens (tertiary/aromatic N) is 1. The zero-order valence-electron chi connectivity index (χ0n) is 14.6. The Morgan fingerprint density at radius 2 is 1.96 bits per heavy atom. The first-order valence-corrected chi connectivity index (χ1v) is 8.50. The van der Waals surface area contributed by atoms with E-state index in [4.69, 9.17) is 4.74 Å². The number of pyridine rings is 1. The number of aryl methyl sites for hydroxylation is 1. The summed E-state index contributed by atoms with van der Waals surface area (Å²) in [5.74, 6) is -0.589. The van der Waals surface area contributed by atoms with Crippen LogP contribution in [0.2, 0.25) is 0 Å². The van der Waals surface area contributed by atoms with Gasteiger partial charge in [0.15, 0.2) is 0 Å². The molecule has 2 heterocycles. The monoisotopic (exact) mass is 346 g/mol. The molecule has 0 aliphatic carbocycles. The molecule has 2 aromatic heterocycles. The second kappa shape index (κ2) is 7.13. The van der Waals surface area contributed by atoms with Gasteiger partial charge in [0.25, 0.3) is 0 Å². The molecule has 0 aliphatic rings. The van der Waals surface area contributed by atoms with Gasteiger partial charge in [-0.1, -0.05) is 26.8 Å². The molecular formula is C18H22N2O3S. The molecule has 0 radical (unpaired) electrons. The zero-order chi connectivity index (χ0) is 17.9. The van der Waals surface area contributed by atoms with E-state index in [-0.39, 0.29) is 12.5 Å². The number of amides is 1. The molecule has 6 heteroatoms.